The first-order chi connectivity index (χ1) is 17.2. The van der Waals surface area contributed by atoms with Crippen molar-refractivity contribution in [3.05, 3.63) is 71.8 Å². The van der Waals surface area contributed by atoms with Crippen LogP contribution in [0.15, 0.2) is 60.7 Å². The Morgan fingerprint density at radius 1 is 1.08 bits per heavy atom. The summed E-state index contributed by atoms with van der Waals surface area (Å²) in [5.74, 6) is -5.17. The van der Waals surface area contributed by atoms with Crippen LogP contribution in [0.2, 0.25) is 0 Å². The summed E-state index contributed by atoms with van der Waals surface area (Å²) in [7, 11) is 0. The van der Waals surface area contributed by atoms with Gasteiger partial charge in [0.25, 0.3) is 11.6 Å². The quantitative estimate of drug-likeness (QED) is 0.325. The fraction of sp³-hybridized carbons (Fsp3) is 0.385. The first kappa shape index (κ1) is 28.6. The van der Waals surface area contributed by atoms with Gasteiger partial charge in [0.2, 0.25) is 0 Å². The van der Waals surface area contributed by atoms with E-state index in [1.165, 1.54) is 0 Å². The fourth-order valence-electron chi connectivity index (χ4n) is 4.61. The van der Waals surface area contributed by atoms with Gasteiger partial charge in [0.05, 0.1) is 13.0 Å². The van der Waals surface area contributed by atoms with Crippen molar-refractivity contribution in [2.75, 3.05) is 13.2 Å². The van der Waals surface area contributed by atoms with Gasteiger partial charge in [-0.15, -0.1) is 0 Å². The van der Waals surface area contributed by atoms with Gasteiger partial charge in [0.15, 0.2) is 0 Å². The van der Waals surface area contributed by atoms with Gasteiger partial charge in [0, 0.05) is 11.8 Å². The van der Waals surface area contributed by atoms with Crippen molar-refractivity contribution in [3.8, 4) is 0 Å². The van der Waals surface area contributed by atoms with Crippen LogP contribution in [-0.4, -0.2) is 54.0 Å². The molecule has 2 aromatic rings. The number of hydrogen-bond donors (Lipinski definition) is 1. The molecule has 1 N–H and O–H groups in total. The maximum atomic E-state index is 13.3. The molecule has 0 bridgehead atoms. The third-order valence-electron chi connectivity index (χ3n) is 6.18. The van der Waals surface area contributed by atoms with Gasteiger partial charge in [-0.3, -0.25) is 14.4 Å². The van der Waals surface area contributed by atoms with Crippen LogP contribution in [0.25, 0.3) is 0 Å². The molecule has 10 nitrogen and oxygen atoms in total. The molecule has 0 saturated carbocycles. The van der Waals surface area contributed by atoms with Crippen molar-refractivity contribution in [3.63, 3.8) is 0 Å². The van der Waals surface area contributed by atoms with E-state index in [4.69, 9.17) is 14.3 Å². The van der Waals surface area contributed by atoms with Crippen molar-refractivity contribution in [1.82, 2.24) is 10.4 Å². The van der Waals surface area contributed by atoms with Crippen LogP contribution in [0.1, 0.15) is 37.3 Å². The van der Waals surface area contributed by atoms with E-state index in [1.54, 1.807) is 24.3 Å². The summed E-state index contributed by atoms with van der Waals surface area (Å²) in [5, 5.41) is 15.6. The van der Waals surface area contributed by atoms with Gasteiger partial charge in [-0.05, 0) is 17.0 Å². The first-order valence-corrected chi connectivity index (χ1v) is 11.7. The molecule has 0 aromatic heterocycles. The van der Waals surface area contributed by atoms with Gasteiger partial charge in [-0.2, -0.15) is 5.06 Å². The van der Waals surface area contributed by atoms with Crippen LogP contribution in [0.4, 0.5) is 4.79 Å². The third kappa shape index (κ3) is 5.82. The van der Waals surface area contributed by atoms with Crippen LogP contribution >= 0.6 is 0 Å². The Morgan fingerprint density at radius 2 is 1.65 bits per heavy atom. The smallest absolute Gasteiger partial charge is 0.544 e. The molecule has 37 heavy (non-hydrogen) atoms. The Morgan fingerprint density at radius 3 is 2.16 bits per heavy atom. The molecular weight excluding hydrogens is 491 g/mol. The summed E-state index contributed by atoms with van der Waals surface area (Å²) in [4.78, 5) is 56.2. The average molecular weight is 518 g/mol. The molecular formula is C26H27N2NaO8. The number of rotatable bonds is 8. The van der Waals surface area contributed by atoms with E-state index >= 15 is 0 Å². The number of alkyl carbamates (subject to hydrolysis) is 1. The molecule has 0 aliphatic carbocycles. The predicted octanol–water partition coefficient (Wildman–Crippen LogP) is -1.64. The molecule has 0 radical (unpaired) electrons. The number of nitrogens with one attached hydrogen (secondary N) is 1. The van der Waals surface area contributed by atoms with E-state index in [0.29, 0.717) is 5.06 Å². The van der Waals surface area contributed by atoms with E-state index < -0.39 is 47.5 Å². The zero-order valence-corrected chi connectivity index (χ0v) is 22.9. The molecule has 2 heterocycles. The predicted molar refractivity (Wildman–Crippen MR) is 123 cm³/mol. The summed E-state index contributed by atoms with van der Waals surface area (Å²) >= 11 is 0. The largest absolute Gasteiger partial charge is 1.00 e. The second-order valence-electron chi connectivity index (χ2n) is 9.19. The normalized spacial score (nSPS) is 23.1. The van der Waals surface area contributed by atoms with Crippen LogP contribution in [0.5, 0.6) is 0 Å². The Kier molecular flexibility index (Phi) is 9.36. The number of carboxylic acids is 1. The number of cyclic esters (lactones) is 1. The molecule has 2 aliphatic heterocycles. The molecule has 3 atom stereocenters. The molecule has 2 fully saturated rings. The summed E-state index contributed by atoms with van der Waals surface area (Å²) < 4.78 is 10.4. The van der Waals surface area contributed by atoms with E-state index in [9.17, 15) is 24.3 Å². The second kappa shape index (κ2) is 12.1. The third-order valence-corrected chi connectivity index (χ3v) is 6.18. The fourth-order valence-corrected chi connectivity index (χ4v) is 4.61. The maximum absolute atomic E-state index is 13.3. The van der Waals surface area contributed by atoms with Crippen LogP contribution < -0.4 is 40.0 Å². The molecule has 2 unspecified atom stereocenters. The minimum absolute atomic E-state index is 0. The monoisotopic (exact) mass is 518 g/mol. The summed E-state index contributed by atoms with van der Waals surface area (Å²) in [6, 6.07) is 16.8. The molecule has 2 saturated heterocycles. The number of ether oxygens (including phenoxy) is 2. The Balaban J connectivity index is 0.00000380. The maximum Gasteiger partial charge on any atom is 1.00 e. The standard InChI is InChI=1S/C26H28N2O8.Na/c1-16(2)14-34-25(33)27-20-15-35-28(23(20)30)26(24(31)32)19(13-21(29)36-26)22(17-9-5-3-6-10-17)18-11-7-4-8-12-18;/h3-12,16,19-20,22H,13-15H2,1-2H3,(H,27,33)(H,31,32);/q;+1/p-1/t19?,20-,26?;/m0./s1. The van der Waals surface area contributed by atoms with Gasteiger partial charge >= 0.3 is 41.6 Å². The zero-order valence-electron chi connectivity index (χ0n) is 20.9. The van der Waals surface area contributed by atoms with E-state index in [0.717, 1.165) is 11.1 Å². The van der Waals surface area contributed by atoms with Gasteiger partial charge in [-0.25, -0.2) is 4.79 Å². The Hall–Kier alpha value is -2.92. The van der Waals surface area contributed by atoms with Crippen LogP contribution in [0.3, 0.4) is 0 Å². The summed E-state index contributed by atoms with van der Waals surface area (Å²) in [6.07, 6.45) is -1.15. The summed E-state index contributed by atoms with van der Waals surface area (Å²) in [5.41, 5.74) is -1.12. The zero-order chi connectivity index (χ0) is 25.9. The van der Waals surface area contributed by atoms with Crippen molar-refractivity contribution >= 4 is 23.9 Å². The molecule has 190 valence electrons. The minimum Gasteiger partial charge on any atom is -0.544 e. The number of amides is 2. The van der Waals surface area contributed by atoms with E-state index in [2.05, 4.69) is 5.32 Å². The molecule has 11 heteroatoms. The Bertz CT molecular complexity index is 1090. The summed E-state index contributed by atoms with van der Waals surface area (Å²) in [6.45, 7) is 3.48. The van der Waals surface area contributed by atoms with Crippen LogP contribution in [-0.2, 0) is 28.7 Å². The van der Waals surface area contributed by atoms with Crippen molar-refractivity contribution in [2.24, 2.45) is 11.8 Å². The number of esters is 1. The average Bonchev–Trinajstić information content (AvgIpc) is 3.39. The van der Waals surface area contributed by atoms with Gasteiger partial charge < -0.3 is 24.7 Å². The number of nitrogens with zero attached hydrogens (tertiary/aromatic N) is 1. The molecule has 0 spiro atoms. The van der Waals surface area contributed by atoms with Crippen molar-refractivity contribution in [2.45, 2.75) is 38.0 Å². The SMILES string of the molecule is CC(C)COC(=O)N[C@H]1CON(C2(C(=O)[O-])OC(=O)CC2C(c2ccccc2)c2ccccc2)C1=O.[Na+]. The number of carbonyl (C=O) groups excluding carboxylic acids is 4. The number of carboxylic acid groups (broad SMARTS) is 1. The molecule has 2 amide bonds. The van der Waals surface area contributed by atoms with Crippen molar-refractivity contribution in [1.29, 1.82) is 0 Å². The Labute approximate surface area is 236 Å². The topological polar surface area (TPSA) is 134 Å². The number of benzene rings is 2. The van der Waals surface area contributed by atoms with Crippen LogP contribution in [0, 0.1) is 11.8 Å². The van der Waals surface area contributed by atoms with Gasteiger partial charge in [0.1, 0.15) is 18.6 Å². The van der Waals surface area contributed by atoms with E-state index in [1.807, 2.05) is 50.2 Å². The minimum atomic E-state index is -2.55. The molecule has 2 aliphatic rings. The van der Waals surface area contributed by atoms with E-state index in [-0.39, 0.29) is 55.1 Å². The number of carbonyl (C=O) groups is 4. The number of hydroxylamine groups is 2. The van der Waals surface area contributed by atoms with Gasteiger partial charge in [-0.1, -0.05) is 74.5 Å². The molecule has 2 aromatic carbocycles. The molecule has 4 rings (SSSR count). The number of aliphatic carboxylic acids is 1. The van der Waals surface area contributed by atoms with Crippen molar-refractivity contribution < 1.29 is 68.2 Å². The first-order valence-electron chi connectivity index (χ1n) is 11.7. The number of hydrogen-bond acceptors (Lipinski definition) is 8. The second-order valence-corrected chi connectivity index (χ2v) is 9.19.